The Kier molecular flexibility index (Phi) is 6.25. The maximum absolute atomic E-state index is 10.3. The van der Waals surface area contributed by atoms with Crippen LogP contribution in [0.15, 0.2) is 24.5 Å². The molecule has 1 heterocycles. The van der Waals surface area contributed by atoms with Crippen LogP contribution in [0.1, 0.15) is 44.2 Å². The first-order valence-electron chi connectivity index (χ1n) is 6.05. The van der Waals surface area contributed by atoms with Gasteiger partial charge in [0, 0.05) is 24.9 Å². The van der Waals surface area contributed by atoms with E-state index < -0.39 is 5.97 Å². The van der Waals surface area contributed by atoms with Gasteiger partial charge in [0.2, 0.25) is 0 Å². The molecule has 17 heavy (non-hydrogen) atoms. The molecule has 2 N–H and O–H groups in total. The third-order valence-corrected chi connectivity index (χ3v) is 2.70. The molecule has 1 aromatic heterocycles. The van der Waals surface area contributed by atoms with Crippen molar-refractivity contribution in [3.05, 3.63) is 30.1 Å². The van der Waals surface area contributed by atoms with E-state index in [0.717, 1.165) is 25.8 Å². The molecule has 0 fully saturated rings. The zero-order valence-corrected chi connectivity index (χ0v) is 10.2. The summed E-state index contributed by atoms with van der Waals surface area (Å²) in [7, 11) is 0. The number of pyridine rings is 1. The van der Waals surface area contributed by atoms with Crippen LogP contribution in [-0.4, -0.2) is 22.6 Å². The fraction of sp³-hybridized carbons (Fsp3) is 0.538. The van der Waals surface area contributed by atoms with E-state index in [1.807, 2.05) is 12.3 Å². The predicted octanol–water partition coefficient (Wildman–Crippen LogP) is 2.38. The van der Waals surface area contributed by atoms with E-state index in [9.17, 15) is 4.79 Å². The molecule has 1 atom stereocenters. The quantitative estimate of drug-likeness (QED) is 0.680. The SMILES string of the molecule is C[C@H](NCCCCCC(=O)O)c1cccnc1. The molecule has 0 bridgehead atoms. The number of rotatable bonds is 8. The maximum atomic E-state index is 10.3. The Labute approximate surface area is 102 Å². The molecule has 0 aliphatic rings. The van der Waals surface area contributed by atoms with Crippen molar-refractivity contribution in [1.82, 2.24) is 10.3 Å². The zero-order chi connectivity index (χ0) is 12.5. The van der Waals surface area contributed by atoms with Crippen molar-refractivity contribution in [2.24, 2.45) is 0 Å². The molecule has 0 spiro atoms. The van der Waals surface area contributed by atoms with Gasteiger partial charge in [0.1, 0.15) is 0 Å². The van der Waals surface area contributed by atoms with Crippen molar-refractivity contribution in [3.63, 3.8) is 0 Å². The van der Waals surface area contributed by atoms with Gasteiger partial charge < -0.3 is 10.4 Å². The van der Waals surface area contributed by atoms with Crippen molar-refractivity contribution in [3.8, 4) is 0 Å². The summed E-state index contributed by atoms with van der Waals surface area (Å²) in [6.45, 7) is 3.02. The molecule has 0 unspecified atom stereocenters. The lowest BCUT2D eigenvalue weighted by Gasteiger charge is -2.13. The second-order valence-corrected chi connectivity index (χ2v) is 4.17. The van der Waals surface area contributed by atoms with Crippen molar-refractivity contribution in [2.75, 3.05) is 6.54 Å². The largest absolute Gasteiger partial charge is 0.481 e. The van der Waals surface area contributed by atoms with Gasteiger partial charge in [-0.15, -0.1) is 0 Å². The number of hydrogen-bond donors (Lipinski definition) is 2. The Bertz CT molecular complexity index is 327. The van der Waals surface area contributed by atoms with Crippen LogP contribution in [0, 0.1) is 0 Å². The van der Waals surface area contributed by atoms with Crippen LogP contribution in [0.5, 0.6) is 0 Å². The summed E-state index contributed by atoms with van der Waals surface area (Å²) >= 11 is 0. The summed E-state index contributed by atoms with van der Waals surface area (Å²) in [6.07, 6.45) is 6.64. The smallest absolute Gasteiger partial charge is 0.303 e. The summed E-state index contributed by atoms with van der Waals surface area (Å²) in [5, 5.41) is 11.9. The monoisotopic (exact) mass is 236 g/mol. The molecule has 0 aromatic carbocycles. The van der Waals surface area contributed by atoms with Crippen molar-refractivity contribution >= 4 is 5.97 Å². The van der Waals surface area contributed by atoms with Gasteiger partial charge >= 0.3 is 5.97 Å². The highest BCUT2D eigenvalue weighted by molar-refractivity contribution is 5.66. The van der Waals surface area contributed by atoms with E-state index in [2.05, 4.69) is 23.3 Å². The van der Waals surface area contributed by atoms with E-state index in [0.29, 0.717) is 6.04 Å². The summed E-state index contributed by atoms with van der Waals surface area (Å²) in [5.41, 5.74) is 1.18. The number of nitrogens with zero attached hydrogens (tertiary/aromatic N) is 1. The van der Waals surface area contributed by atoms with Gasteiger partial charge in [-0.3, -0.25) is 9.78 Å². The van der Waals surface area contributed by atoms with E-state index >= 15 is 0 Å². The van der Waals surface area contributed by atoms with Gasteiger partial charge in [-0.1, -0.05) is 12.5 Å². The summed E-state index contributed by atoms with van der Waals surface area (Å²) in [5.74, 6) is -0.707. The molecule has 1 aromatic rings. The summed E-state index contributed by atoms with van der Waals surface area (Å²) in [4.78, 5) is 14.4. The fourth-order valence-electron chi connectivity index (χ4n) is 1.65. The Morgan fingerprint density at radius 3 is 2.94 bits per heavy atom. The lowest BCUT2D eigenvalue weighted by Crippen LogP contribution is -2.19. The Hall–Kier alpha value is -1.42. The van der Waals surface area contributed by atoms with Crippen LogP contribution in [0.4, 0.5) is 0 Å². The van der Waals surface area contributed by atoms with E-state index in [1.54, 1.807) is 6.20 Å². The highest BCUT2D eigenvalue weighted by Crippen LogP contribution is 2.09. The predicted molar refractivity (Wildman–Crippen MR) is 66.8 cm³/mol. The lowest BCUT2D eigenvalue weighted by atomic mass is 10.1. The van der Waals surface area contributed by atoms with Crippen LogP contribution in [0.2, 0.25) is 0 Å². The van der Waals surface area contributed by atoms with Crippen LogP contribution < -0.4 is 5.32 Å². The molecule has 0 radical (unpaired) electrons. The fourth-order valence-corrected chi connectivity index (χ4v) is 1.65. The highest BCUT2D eigenvalue weighted by atomic mass is 16.4. The number of carboxylic acids is 1. The first kappa shape index (κ1) is 13.6. The number of carbonyl (C=O) groups is 1. The molecule has 0 amide bonds. The van der Waals surface area contributed by atoms with E-state index in [-0.39, 0.29) is 6.42 Å². The van der Waals surface area contributed by atoms with Crippen LogP contribution in [0.25, 0.3) is 0 Å². The zero-order valence-electron chi connectivity index (χ0n) is 10.2. The van der Waals surface area contributed by atoms with Gasteiger partial charge in [-0.05, 0) is 37.9 Å². The molecule has 0 aliphatic carbocycles. The van der Waals surface area contributed by atoms with Crippen molar-refractivity contribution < 1.29 is 9.90 Å². The lowest BCUT2D eigenvalue weighted by molar-refractivity contribution is -0.137. The average molecular weight is 236 g/mol. The summed E-state index contributed by atoms with van der Waals surface area (Å²) < 4.78 is 0. The minimum atomic E-state index is -0.707. The van der Waals surface area contributed by atoms with Gasteiger partial charge in [0.05, 0.1) is 0 Å². The molecule has 0 saturated carbocycles. The first-order valence-corrected chi connectivity index (χ1v) is 6.05. The van der Waals surface area contributed by atoms with Crippen molar-refractivity contribution in [2.45, 2.75) is 38.6 Å². The topological polar surface area (TPSA) is 62.2 Å². The number of aromatic nitrogens is 1. The number of aliphatic carboxylic acids is 1. The molecule has 0 saturated heterocycles. The molecule has 0 aliphatic heterocycles. The van der Waals surface area contributed by atoms with Crippen LogP contribution >= 0.6 is 0 Å². The van der Waals surface area contributed by atoms with Gasteiger partial charge in [-0.25, -0.2) is 0 Å². The average Bonchev–Trinajstić information content (AvgIpc) is 2.34. The second kappa shape index (κ2) is 7.79. The number of nitrogens with one attached hydrogen (secondary N) is 1. The number of unbranched alkanes of at least 4 members (excludes halogenated alkanes) is 2. The third kappa shape index (κ3) is 6.02. The normalized spacial score (nSPS) is 12.3. The Morgan fingerprint density at radius 1 is 1.47 bits per heavy atom. The van der Waals surface area contributed by atoms with Gasteiger partial charge in [0.15, 0.2) is 0 Å². The molecule has 1 rings (SSSR count). The molecule has 94 valence electrons. The van der Waals surface area contributed by atoms with E-state index in [1.165, 1.54) is 5.56 Å². The Morgan fingerprint density at radius 2 is 2.29 bits per heavy atom. The van der Waals surface area contributed by atoms with E-state index in [4.69, 9.17) is 5.11 Å². The minimum absolute atomic E-state index is 0.276. The first-order chi connectivity index (χ1) is 8.20. The third-order valence-electron chi connectivity index (χ3n) is 2.70. The van der Waals surface area contributed by atoms with Crippen LogP contribution in [0.3, 0.4) is 0 Å². The highest BCUT2D eigenvalue weighted by Gasteiger charge is 2.03. The number of hydrogen-bond acceptors (Lipinski definition) is 3. The molecule has 4 nitrogen and oxygen atoms in total. The van der Waals surface area contributed by atoms with Gasteiger partial charge in [-0.2, -0.15) is 0 Å². The number of carboxylic acid groups (broad SMARTS) is 1. The summed E-state index contributed by atoms with van der Waals surface area (Å²) in [6, 6.07) is 4.28. The van der Waals surface area contributed by atoms with Gasteiger partial charge in [0.25, 0.3) is 0 Å². The Balaban J connectivity index is 2.09. The minimum Gasteiger partial charge on any atom is -0.481 e. The van der Waals surface area contributed by atoms with Crippen LogP contribution in [-0.2, 0) is 4.79 Å². The molecule has 4 heteroatoms. The standard InChI is InChI=1S/C13H20N2O2/c1-11(12-6-5-8-14-10-12)15-9-4-2-3-7-13(16)17/h5-6,8,10-11,15H,2-4,7,9H2,1H3,(H,16,17)/t11-/m0/s1. The molecular formula is C13H20N2O2. The van der Waals surface area contributed by atoms with Crippen molar-refractivity contribution in [1.29, 1.82) is 0 Å². The second-order valence-electron chi connectivity index (χ2n) is 4.17. The maximum Gasteiger partial charge on any atom is 0.303 e. The molecular weight excluding hydrogens is 216 g/mol.